The molecular weight excluding hydrogens is 443 g/mol. The molecular formula is C25H27FN2O4S. The Balaban J connectivity index is 1.81. The van der Waals surface area contributed by atoms with Crippen LogP contribution in [0.15, 0.2) is 83.8 Å². The fraction of sp³-hybridized carbons (Fsp3) is 0.240. The number of carbonyl (C=O) groups excluding carboxylic acids is 1. The zero-order chi connectivity index (χ0) is 23.8. The predicted octanol–water partition coefficient (Wildman–Crippen LogP) is 4.29. The smallest absolute Gasteiger partial charge is 0.243 e. The van der Waals surface area contributed by atoms with Crippen molar-refractivity contribution in [2.24, 2.45) is 0 Å². The standard InChI is InChI=1S/C25H27FN2O4S/c1-3-32-23-13-15-24(16-14-23)33(30,31)28(17-20-7-5-4-6-8-20)18-25(29)27-19(2)21-9-11-22(26)12-10-21/h4-16,19H,3,17-18H2,1-2H3,(H,27,29)/t19-/m0/s1. The summed E-state index contributed by atoms with van der Waals surface area (Å²) in [6.07, 6.45) is 0. The van der Waals surface area contributed by atoms with Crippen LogP contribution in [0, 0.1) is 5.82 Å². The highest BCUT2D eigenvalue weighted by atomic mass is 32.2. The molecule has 0 saturated carbocycles. The van der Waals surface area contributed by atoms with E-state index in [2.05, 4.69) is 5.32 Å². The van der Waals surface area contributed by atoms with Crippen molar-refractivity contribution in [2.75, 3.05) is 13.2 Å². The summed E-state index contributed by atoms with van der Waals surface area (Å²) in [4.78, 5) is 12.9. The molecule has 0 aromatic heterocycles. The van der Waals surface area contributed by atoms with Gasteiger partial charge in [-0.05, 0) is 61.4 Å². The molecule has 174 valence electrons. The third-order valence-electron chi connectivity index (χ3n) is 5.04. The second kappa shape index (κ2) is 11.1. The van der Waals surface area contributed by atoms with Crippen LogP contribution < -0.4 is 10.1 Å². The van der Waals surface area contributed by atoms with E-state index in [0.717, 1.165) is 9.87 Å². The lowest BCUT2D eigenvalue weighted by Gasteiger charge is -2.23. The van der Waals surface area contributed by atoms with Crippen LogP contribution in [0.3, 0.4) is 0 Å². The Morgan fingerprint density at radius 3 is 2.24 bits per heavy atom. The molecule has 0 radical (unpaired) electrons. The van der Waals surface area contributed by atoms with E-state index < -0.39 is 22.0 Å². The first-order valence-corrected chi connectivity index (χ1v) is 12.1. The third kappa shape index (κ3) is 6.63. The summed E-state index contributed by atoms with van der Waals surface area (Å²) in [6, 6.07) is 20.6. The summed E-state index contributed by atoms with van der Waals surface area (Å²) < 4.78 is 46.5. The number of amides is 1. The monoisotopic (exact) mass is 470 g/mol. The van der Waals surface area contributed by atoms with E-state index in [4.69, 9.17) is 4.74 Å². The molecule has 0 aliphatic carbocycles. The van der Waals surface area contributed by atoms with E-state index in [0.29, 0.717) is 17.9 Å². The molecule has 3 rings (SSSR count). The van der Waals surface area contributed by atoms with Gasteiger partial charge in [0.2, 0.25) is 15.9 Å². The average Bonchev–Trinajstić information content (AvgIpc) is 2.80. The minimum Gasteiger partial charge on any atom is -0.494 e. The number of nitrogens with zero attached hydrogens (tertiary/aromatic N) is 1. The van der Waals surface area contributed by atoms with Gasteiger partial charge in [-0.1, -0.05) is 42.5 Å². The first-order chi connectivity index (χ1) is 15.8. The molecule has 0 bridgehead atoms. The van der Waals surface area contributed by atoms with Crippen molar-refractivity contribution in [1.29, 1.82) is 0 Å². The van der Waals surface area contributed by atoms with E-state index in [-0.39, 0.29) is 23.8 Å². The Bertz CT molecular complexity index is 1150. The molecule has 1 N–H and O–H groups in total. The molecule has 0 spiro atoms. The summed E-state index contributed by atoms with van der Waals surface area (Å²) in [5.74, 6) is -0.262. The Morgan fingerprint density at radius 1 is 1.00 bits per heavy atom. The molecule has 8 heteroatoms. The number of nitrogens with one attached hydrogen (secondary N) is 1. The highest BCUT2D eigenvalue weighted by Gasteiger charge is 2.27. The van der Waals surface area contributed by atoms with Gasteiger partial charge in [0.1, 0.15) is 11.6 Å². The molecule has 1 atom stereocenters. The molecule has 0 heterocycles. The van der Waals surface area contributed by atoms with Crippen LogP contribution >= 0.6 is 0 Å². The highest BCUT2D eigenvalue weighted by Crippen LogP contribution is 2.22. The number of benzene rings is 3. The van der Waals surface area contributed by atoms with Crippen molar-refractivity contribution < 1.29 is 22.3 Å². The topological polar surface area (TPSA) is 75.7 Å². The molecule has 0 fully saturated rings. The van der Waals surface area contributed by atoms with Crippen LogP contribution in [0.5, 0.6) is 5.75 Å². The first kappa shape index (κ1) is 24.4. The van der Waals surface area contributed by atoms with E-state index >= 15 is 0 Å². The molecule has 6 nitrogen and oxygen atoms in total. The van der Waals surface area contributed by atoms with E-state index in [1.54, 1.807) is 43.3 Å². The second-order valence-corrected chi connectivity index (χ2v) is 9.44. The van der Waals surface area contributed by atoms with Gasteiger partial charge in [-0.3, -0.25) is 4.79 Å². The fourth-order valence-electron chi connectivity index (χ4n) is 3.32. The minimum atomic E-state index is -3.96. The van der Waals surface area contributed by atoms with Gasteiger partial charge >= 0.3 is 0 Å². The van der Waals surface area contributed by atoms with Gasteiger partial charge in [0.15, 0.2) is 0 Å². The van der Waals surface area contributed by atoms with Crippen LogP contribution in [0.2, 0.25) is 0 Å². The Labute approximate surface area is 194 Å². The number of ether oxygens (including phenoxy) is 1. The molecule has 3 aromatic rings. The maximum atomic E-state index is 13.4. The number of hydrogen-bond donors (Lipinski definition) is 1. The van der Waals surface area contributed by atoms with Gasteiger partial charge in [0.25, 0.3) is 0 Å². The van der Waals surface area contributed by atoms with E-state index in [9.17, 15) is 17.6 Å². The summed E-state index contributed by atoms with van der Waals surface area (Å²) in [5, 5.41) is 2.79. The largest absolute Gasteiger partial charge is 0.494 e. The Kier molecular flexibility index (Phi) is 8.19. The van der Waals surface area contributed by atoms with Crippen molar-refractivity contribution in [3.8, 4) is 5.75 Å². The van der Waals surface area contributed by atoms with Gasteiger partial charge in [-0.2, -0.15) is 4.31 Å². The summed E-state index contributed by atoms with van der Waals surface area (Å²) in [6.45, 7) is 3.74. The van der Waals surface area contributed by atoms with Crippen LogP contribution in [0.25, 0.3) is 0 Å². The number of halogens is 1. The third-order valence-corrected chi connectivity index (χ3v) is 6.85. The molecule has 1 amide bonds. The molecule has 33 heavy (non-hydrogen) atoms. The maximum absolute atomic E-state index is 13.4. The van der Waals surface area contributed by atoms with Crippen molar-refractivity contribution in [2.45, 2.75) is 31.3 Å². The van der Waals surface area contributed by atoms with Crippen molar-refractivity contribution in [3.63, 3.8) is 0 Å². The summed E-state index contributed by atoms with van der Waals surface area (Å²) in [7, 11) is -3.96. The summed E-state index contributed by atoms with van der Waals surface area (Å²) in [5.41, 5.74) is 1.47. The fourth-order valence-corrected chi connectivity index (χ4v) is 4.70. The zero-order valence-electron chi connectivity index (χ0n) is 18.6. The van der Waals surface area contributed by atoms with Crippen molar-refractivity contribution in [1.82, 2.24) is 9.62 Å². The van der Waals surface area contributed by atoms with Crippen molar-refractivity contribution >= 4 is 15.9 Å². The first-order valence-electron chi connectivity index (χ1n) is 10.6. The minimum absolute atomic E-state index is 0.0364. The lowest BCUT2D eigenvalue weighted by molar-refractivity contribution is -0.122. The van der Waals surface area contributed by atoms with Gasteiger partial charge in [-0.25, -0.2) is 12.8 Å². The van der Waals surface area contributed by atoms with Crippen LogP contribution in [0.1, 0.15) is 31.0 Å². The molecule has 3 aromatic carbocycles. The lowest BCUT2D eigenvalue weighted by atomic mass is 10.1. The maximum Gasteiger partial charge on any atom is 0.243 e. The Hall–Kier alpha value is -3.23. The van der Waals surface area contributed by atoms with Gasteiger partial charge in [0, 0.05) is 6.54 Å². The number of sulfonamides is 1. The average molecular weight is 471 g/mol. The summed E-state index contributed by atoms with van der Waals surface area (Å²) >= 11 is 0. The zero-order valence-corrected chi connectivity index (χ0v) is 19.4. The molecule has 0 aliphatic rings. The number of hydrogen-bond acceptors (Lipinski definition) is 4. The van der Waals surface area contributed by atoms with Crippen LogP contribution in [-0.4, -0.2) is 31.8 Å². The molecule has 0 aliphatic heterocycles. The van der Waals surface area contributed by atoms with Crippen LogP contribution in [-0.2, 0) is 21.4 Å². The van der Waals surface area contributed by atoms with Gasteiger partial charge < -0.3 is 10.1 Å². The number of rotatable bonds is 10. The Morgan fingerprint density at radius 2 is 1.64 bits per heavy atom. The van der Waals surface area contributed by atoms with E-state index in [1.807, 2.05) is 25.1 Å². The van der Waals surface area contributed by atoms with Crippen molar-refractivity contribution in [3.05, 3.63) is 95.8 Å². The highest BCUT2D eigenvalue weighted by molar-refractivity contribution is 7.89. The second-order valence-electron chi connectivity index (χ2n) is 7.50. The van der Waals surface area contributed by atoms with Crippen LogP contribution in [0.4, 0.5) is 4.39 Å². The van der Waals surface area contributed by atoms with Gasteiger partial charge in [0.05, 0.1) is 24.1 Å². The van der Waals surface area contributed by atoms with E-state index in [1.165, 1.54) is 24.3 Å². The number of carbonyl (C=O) groups is 1. The predicted molar refractivity (Wildman–Crippen MR) is 125 cm³/mol. The lowest BCUT2D eigenvalue weighted by Crippen LogP contribution is -2.41. The normalized spacial score (nSPS) is 12.4. The SMILES string of the molecule is CCOc1ccc(S(=O)(=O)N(CC(=O)N[C@@H](C)c2ccc(F)cc2)Cc2ccccc2)cc1. The van der Waals surface area contributed by atoms with Gasteiger partial charge in [-0.15, -0.1) is 0 Å². The quantitative estimate of drug-likeness (QED) is 0.480. The molecule has 0 saturated heterocycles. The molecule has 0 unspecified atom stereocenters.